The highest BCUT2D eigenvalue weighted by Crippen LogP contribution is 2.40. The minimum absolute atomic E-state index is 0.216. The number of hydrazone groups is 1. The average Bonchev–Trinajstić information content (AvgIpc) is 3.48. The Kier molecular flexibility index (Phi) is 3.71. The van der Waals surface area contributed by atoms with Gasteiger partial charge in [-0.25, -0.2) is 5.43 Å². The molecule has 0 saturated heterocycles. The summed E-state index contributed by atoms with van der Waals surface area (Å²) >= 11 is 0. The number of pyridine rings is 1. The molecule has 1 amide bonds. The molecule has 1 aliphatic rings. The number of carbonyl (C=O) groups excluding carboxylic acids is 1. The number of nitrogens with one attached hydrogen (secondary N) is 2. The smallest absolute Gasteiger partial charge is 0.272 e. The summed E-state index contributed by atoms with van der Waals surface area (Å²) in [6, 6.07) is 17.7. The Morgan fingerprint density at radius 1 is 1.11 bits per heavy atom. The molecule has 0 spiro atoms. The fourth-order valence-electron chi connectivity index (χ4n) is 3.39. The molecule has 27 heavy (non-hydrogen) atoms. The molecule has 4 aromatic rings. The molecule has 0 atom stereocenters. The number of aromatic nitrogens is 2. The predicted octanol–water partition coefficient (Wildman–Crippen LogP) is 4.36. The van der Waals surface area contributed by atoms with Gasteiger partial charge in [0.25, 0.3) is 5.91 Å². The Bertz CT molecular complexity index is 1190. The zero-order valence-electron chi connectivity index (χ0n) is 14.6. The van der Waals surface area contributed by atoms with E-state index in [1.54, 1.807) is 6.21 Å². The quantitative estimate of drug-likeness (QED) is 0.422. The lowest BCUT2D eigenvalue weighted by Gasteiger charge is -2.08. The van der Waals surface area contributed by atoms with Gasteiger partial charge in [-0.1, -0.05) is 36.4 Å². The van der Waals surface area contributed by atoms with E-state index in [1.165, 1.54) is 0 Å². The lowest BCUT2D eigenvalue weighted by molar-refractivity contribution is 0.0956. The van der Waals surface area contributed by atoms with E-state index in [-0.39, 0.29) is 5.91 Å². The van der Waals surface area contributed by atoms with Gasteiger partial charge in [0.05, 0.1) is 17.3 Å². The molecular weight excluding hydrogens is 336 g/mol. The van der Waals surface area contributed by atoms with Crippen LogP contribution in [0.2, 0.25) is 0 Å². The molecule has 0 aliphatic heterocycles. The van der Waals surface area contributed by atoms with Crippen LogP contribution in [0.3, 0.4) is 0 Å². The third-order valence-corrected chi connectivity index (χ3v) is 4.97. The number of H-pyrrole nitrogens is 1. The molecule has 2 heterocycles. The highest BCUT2D eigenvalue weighted by atomic mass is 16.2. The van der Waals surface area contributed by atoms with Crippen LogP contribution in [0.4, 0.5) is 0 Å². The first-order valence-electron chi connectivity index (χ1n) is 9.09. The van der Waals surface area contributed by atoms with Crippen molar-refractivity contribution in [3.8, 4) is 0 Å². The summed E-state index contributed by atoms with van der Waals surface area (Å²) in [6.07, 6.45) is 5.84. The van der Waals surface area contributed by atoms with E-state index < -0.39 is 0 Å². The highest BCUT2D eigenvalue weighted by molar-refractivity contribution is 6.07. The number of hydrogen-bond acceptors (Lipinski definition) is 3. The molecule has 2 aromatic carbocycles. The number of carbonyl (C=O) groups is 1. The molecule has 2 N–H and O–H groups in total. The number of fused-ring (bicyclic) bond motifs is 2. The maximum atomic E-state index is 12.8. The topological polar surface area (TPSA) is 70.1 Å². The van der Waals surface area contributed by atoms with Crippen molar-refractivity contribution in [2.45, 2.75) is 18.8 Å². The normalized spacial score (nSPS) is 14.2. The zero-order chi connectivity index (χ0) is 18.2. The summed E-state index contributed by atoms with van der Waals surface area (Å²) in [5.41, 5.74) is 7.12. The van der Waals surface area contributed by atoms with Crippen LogP contribution in [-0.2, 0) is 0 Å². The van der Waals surface area contributed by atoms with Gasteiger partial charge in [-0.3, -0.25) is 9.78 Å². The number of para-hydroxylation sites is 2. The zero-order valence-corrected chi connectivity index (χ0v) is 14.6. The number of benzene rings is 2. The van der Waals surface area contributed by atoms with Crippen molar-refractivity contribution in [2.24, 2.45) is 5.10 Å². The van der Waals surface area contributed by atoms with Gasteiger partial charge in [-0.15, -0.1) is 0 Å². The van der Waals surface area contributed by atoms with Crippen molar-refractivity contribution in [3.63, 3.8) is 0 Å². The molecule has 2 aromatic heterocycles. The fourth-order valence-corrected chi connectivity index (χ4v) is 3.39. The molecule has 0 bridgehead atoms. The molecular formula is C22H18N4O. The van der Waals surface area contributed by atoms with Crippen molar-refractivity contribution in [1.82, 2.24) is 15.4 Å². The summed E-state index contributed by atoms with van der Waals surface area (Å²) in [5, 5.41) is 6.09. The van der Waals surface area contributed by atoms with Crippen LogP contribution in [0.15, 0.2) is 65.9 Å². The van der Waals surface area contributed by atoms with Crippen LogP contribution in [0, 0.1) is 0 Å². The van der Waals surface area contributed by atoms with Crippen molar-refractivity contribution in [3.05, 3.63) is 77.6 Å². The van der Waals surface area contributed by atoms with Crippen LogP contribution in [0.25, 0.3) is 21.8 Å². The Hall–Kier alpha value is -3.47. The van der Waals surface area contributed by atoms with E-state index in [4.69, 9.17) is 4.98 Å². The first kappa shape index (κ1) is 15.8. The summed E-state index contributed by atoms with van der Waals surface area (Å²) in [7, 11) is 0. The molecule has 1 aliphatic carbocycles. The monoisotopic (exact) mass is 354 g/mol. The second kappa shape index (κ2) is 6.36. The second-order valence-corrected chi connectivity index (χ2v) is 6.87. The van der Waals surface area contributed by atoms with Crippen LogP contribution in [0.1, 0.15) is 40.4 Å². The van der Waals surface area contributed by atoms with Crippen LogP contribution in [0.5, 0.6) is 0 Å². The third kappa shape index (κ3) is 2.97. The number of rotatable bonds is 4. The minimum Gasteiger partial charge on any atom is -0.361 e. The first-order valence-corrected chi connectivity index (χ1v) is 9.09. The number of amides is 1. The largest absolute Gasteiger partial charge is 0.361 e. The standard InChI is InChI=1S/C22H18N4O/c27-22(26-24-13-15-12-23-19-7-3-1-5-16(15)19)18-11-21(14-9-10-14)25-20-8-4-2-6-17(18)20/h1-8,11-14,23H,9-10H2,(H,26,27). The number of nitrogens with zero attached hydrogens (tertiary/aromatic N) is 2. The Labute approximate surface area is 156 Å². The number of hydrogen-bond donors (Lipinski definition) is 2. The van der Waals surface area contributed by atoms with Gasteiger partial charge >= 0.3 is 0 Å². The van der Waals surface area contributed by atoms with E-state index >= 15 is 0 Å². The van der Waals surface area contributed by atoms with E-state index in [1.807, 2.05) is 60.8 Å². The molecule has 132 valence electrons. The second-order valence-electron chi connectivity index (χ2n) is 6.87. The molecule has 0 radical (unpaired) electrons. The lowest BCUT2D eigenvalue weighted by Crippen LogP contribution is -2.18. The van der Waals surface area contributed by atoms with E-state index in [0.717, 1.165) is 45.9 Å². The predicted molar refractivity (Wildman–Crippen MR) is 107 cm³/mol. The van der Waals surface area contributed by atoms with Crippen LogP contribution in [-0.4, -0.2) is 22.1 Å². The molecule has 5 heteroatoms. The highest BCUT2D eigenvalue weighted by Gasteiger charge is 2.26. The molecule has 1 fully saturated rings. The lowest BCUT2D eigenvalue weighted by atomic mass is 10.1. The number of aromatic amines is 1. The van der Waals surface area contributed by atoms with Crippen LogP contribution < -0.4 is 5.43 Å². The average molecular weight is 354 g/mol. The van der Waals surface area contributed by atoms with Gasteiger partial charge in [-0.05, 0) is 31.0 Å². The Balaban J connectivity index is 1.44. The van der Waals surface area contributed by atoms with Gasteiger partial charge in [0.2, 0.25) is 0 Å². The van der Waals surface area contributed by atoms with Crippen molar-refractivity contribution < 1.29 is 4.79 Å². The maximum Gasteiger partial charge on any atom is 0.272 e. The molecule has 1 saturated carbocycles. The molecule has 0 unspecified atom stereocenters. The summed E-state index contributed by atoms with van der Waals surface area (Å²) in [5.74, 6) is 0.266. The fraction of sp³-hybridized carbons (Fsp3) is 0.136. The van der Waals surface area contributed by atoms with Gasteiger partial charge in [-0.2, -0.15) is 5.10 Å². The van der Waals surface area contributed by atoms with Gasteiger partial charge in [0, 0.05) is 39.7 Å². The van der Waals surface area contributed by atoms with E-state index in [2.05, 4.69) is 15.5 Å². The summed E-state index contributed by atoms with van der Waals surface area (Å²) < 4.78 is 0. The maximum absolute atomic E-state index is 12.8. The van der Waals surface area contributed by atoms with Crippen molar-refractivity contribution >= 4 is 33.9 Å². The Morgan fingerprint density at radius 3 is 2.74 bits per heavy atom. The SMILES string of the molecule is O=C(NN=Cc1c[nH]c2ccccc12)c1cc(C2CC2)nc2ccccc12. The summed E-state index contributed by atoms with van der Waals surface area (Å²) in [4.78, 5) is 20.7. The third-order valence-electron chi connectivity index (χ3n) is 4.97. The van der Waals surface area contributed by atoms with E-state index in [9.17, 15) is 4.79 Å². The summed E-state index contributed by atoms with van der Waals surface area (Å²) in [6.45, 7) is 0. The van der Waals surface area contributed by atoms with Gasteiger partial charge < -0.3 is 4.98 Å². The van der Waals surface area contributed by atoms with Crippen molar-refractivity contribution in [2.75, 3.05) is 0 Å². The Morgan fingerprint density at radius 2 is 1.89 bits per heavy atom. The van der Waals surface area contributed by atoms with Crippen molar-refractivity contribution in [1.29, 1.82) is 0 Å². The van der Waals surface area contributed by atoms with Crippen LogP contribution >= 0.6 is 0 Å². The van der Waals surface area contributed by atoms with Gasteiger partial charge in [0.15, 0.2) is 0 Å². The van der Waals surface area contributed by atoms with Gasteiger partial charge in [0.1, 0.15) is 0 Å². The minimum atomic E-state index is -0.216. The molecule has 5 nitrogen and oxygen atoms in total. The van der Waals surface area contributed by atoms with E-state index in [0.29, 0.717) is 11.5 Å². The molecule has 5 rings (SSSR count). The first-order chi connectivity index (χ1) is 13.3.